The highest BCUT2D eigenvalue weighted by Gasteiger charge is 2.12. The third kappa shape index (κ3) is 2.89. The first-order valence-corrected chi connectivity index (χ1v) is 5.26. The highest BCUT2D eigenvalue weighted by atomic mass is 16.7. The molecule has 1 aromatic rings. The van der Waals surface area contributed by atoms with Crippen LogP contribution in [0.2, 0.25) is 0 Å². The lowest BCUT2D eigenvalue weighted by Crippen LogP contribution is -1.94. The normalized spacial score (nSPS) is 12.0. The van der Waals surface area contributed by atoms with Gasteiger partial charge in [-0.25, -0.2) is 0 Å². The first-order valence-electron chi connectivity index (χ1n) is 5.26. The van der Waals surface area contributed by atoms with E-state index < -0.39 is 5.91 Å². The Kier molecular flexibility index (Phi) is 3.47. The van der Waals surface area contributed by atoms with E-state index in [1.165, 1.54) is 0 Å². The number of hydrogen-bond donors (Lipinski definition) is 0. The van der Waals surface area contributed by atoms with Gasteiger partial charge in [0.1, 0.15) is 0 Å². The van der Waals surface area contributed by atoms with Gasteiger partial charge in [0.15, 0.2) is 11.5 Å². The number of benzene rings is 1. The molecular formula is C11H11N3O3. The summed E-state index contributed by atoms with van der Waals surface area (Å²) in [7, 11) is 0. The summed E-state index contributed by atoms with van der Waals surface area (Å²) in [6.07, 6.45) is 1.65. The maximum Gasteiger partial charge on any atom is 0.231 e. The van der Waals surface area contributed by atoms with Crippen molar-refractivity contribution in [2.75, 3.05) is 6.79 Å². The molecule has 0 unspecified atom stereocenters. The summed E-state index contributed by atoms with van der Waals surface area (Å²) < 4.78 is 10.4. The van der Waals surface area contributed by atoms with Gasteiger partial charge in [0.2, 0.25) is 12.7 Å². The molecule has 0 aliphatic carbocycles. The minimum absolute atomic E-state index is 0.258. The zero-order valence-corrected chi connectivity index (χ0v) is 9.13. The first-order chi connectivity index (χ1) is 8.29. The van der Waals surface area contributed by atoms with Crippen LogP contribution in [0.4, 0.5) is 0 Å². The summed E-state index contributed by atoms with van der Waals surface area (Å²) in [6, 6.07) is 5.69. The molecule has 0 saturated heterocycles. The fourth-order valence-electron chi connectivity index (χ4n) is 1.64. The van der Waals surface area contributed by atoms with Crippen LogP contribution in [0.5, 0.6) is 11.5 Å². The van der Waals surface area contributed by atoms with Crippen molar-refractivity contribution in [1.29, 1.82) is 0 Å². The molecule has 2 rings (SSSR count). The second-order valence-corrected chi connectivity index (χ2v) is 3.62. The Morgan fingerprint density at radius 1 is 1.41 bits per heavy atom. The lowest BCUT2D eigenvalue weighted by Gasteiger charge is -2.01. The summed E-state index contributed by atoms with van der Waals surface area (Å²) in [5.74, 6) is 1.07. The van der Waals surface area contributed by atoms with Crippen LogP contribution < -0.4 is 9.47 Å². The number of fused-ring (bicyclic) bond motifs is 1. The summed E-state index contributed by atoms with van der Waals surface area (Å²) >= 11 is 0. The molecule has 0 radical (unpaired) electrons. The van der Waals surface area contributed by atoms with E-state index in [2.05, 4.69) is 10.0 Å². The van der Waals surface area contributed by atoms with Crippen molar-refractivity contribution in [3.63, 3.8) is 0 Å². The van der Waals surface area contributed by atoms with E-state index >= 15 is 0 Å². The maximum atomic E-state index is 11.0. The van der Waals surface area contributed by atoms with Crippen molar-refractivity contribution in [3.05, 3.63) is 34.2 Å². The van der Waals surface area contributed by atoms with Gasteiger partial charge in [0, 0.05) is 11.3 Å². The zero-order chi connectivity index (χ0) is 12.1. The third-order valence-corrected chi connectivity index (χ3v) is 2.45. The highest BCUT2D eigenvalue weighted by molar-refractivity contribution is 5.76. The third-order valence-electron chi connectivity index (χ3n) is 2.45. The topological polar surface area (TPSA) is 84.3 Å². The molecule has 0 saturated carbocycles. The number of carbonyl (C=O) groups excluding carboxylic acids is 1. The molecule has 6 heteroatoms. The molecule has 0 fully saturated rings. The summed E-state index contributed by atoms with van der Waals surface area (Å²) in [5.41, 5.74) is 9.14. The number of amides is 1. The van der Waals surface area contributed by atoms with Crippen molar-refractivity contribution in [1.82, 2.24) is 0 Å². The molecule has 17 heavy (non-hydrogen) atoms. The number of hydrogen-bond acceptors (Lipinski definition) is 3. The number of rotatable bonds is 4. The smallest absolute Gasteiger partial charge is 0.231 e. The SMILES string of the molecule is [N-]=[N+]=NC(=O)CCCc1ccc2c(c1)OCO2. The van der Waals surface area contributed by atoms with Crippen LogP contribution >= 0.6 is 0 Å². The number of azide groups is 1. The number of aryl methyl sites for hydroxylation is 1. The van der Waals surface area contributed by atoms with Crippen LogP contribution in [0.15, 0.2) is 23.3 Å². The van der Waals surface area contributed by atoms with Gasteiger partial charge in [-0.1, -0.05) is 6.07 Å². The second kappa shape index (κ2) is 5.23. The lowest BCUT2D eigenvalue weighted by atomic mass is 10.1. The molecule has 6 nitrogen and oxygen atoms in total. The van der Waals surface area contributed by atoms with Crippen LogP contribution in [-0.2, 0) is 11.2 Å². The van der Waals surface area contributed by atoms with Crippen molar-refractivity contribution in [2.24, 2.45) is 5.11 Å². The quantitative estimate of drug-likeness (QED) is 0.455. The lowest BCUT2D eigenvalue weighted by molar-refractivity contribution is -0.118. The number of carbonyl (C=O) groups is 1. The van der Waals surface area contributed by atoms with Gasteiger partial charge in [-0.05, 0) is 41.2 Å². The van der Waals surface area contributed by atoms with Crippen LogP contribution in [0.25, 0.3) is 10.4 Å². The van der Waals surface area contributed by atoms with E-state index in [1.807, 2.05) is 18.2 Å². The predicted octanol–water partition coefficient (Wildman–Crippen LogP) is 2.57. The second-order valence-electron chi connectivity index (χ2n) is 3.62. The van der Waals surface area contributed by atoms with Gasteiger partial charge >= 0.3 is 0 Å². The maximum absolute atomic E-state index is 11.0. The van der Waals surface area contributed by atoms with Crippen molar-refractivity contribution in [3.8, 4) is 11.5 Å². The Hall–Kier alpha value is -2.20. The van der Waals surface area contributed by atoms with Gasteiger partial charge in [-0.3, -0.25) is 4.79 Å². The molecule has 0 atom stereocenters. The molecule has 0 N–H and O–H groups in total. The van der Waals surface area contributed by atoms with E-state index in [9.17, 15) is 4.79 Å². The molecule has 0 bridgehead atoms. The average molecular weight is 233 g/mol. The average Bonchev–Trinajstić information content (AvgIpc) is 2.76. The molecule has 88 valence electrons. The Balaban J connectivity index is 1.87. The van der Waals surface area contributed by atoms with Gasteiger partial charge in [0.25, 0.3) is 0 Å². The first kappa shape index (κ1) is 11.3. The molecule has 1 aromatic carbocycles. The molecule has 0 spiro atoms. The Morgan fingerprint density at radius 2 is 2.24 bits per heavy atom. The van der Waals surface area contributed by atoms with Crippen LogP contribution in [0.3, 0.4) is 0 Å². The minimum atomic E-state index is -0.423. The number of nitrogens with zero attached hydrogens (tertiary/aromatic N) is 3. The Labute approximate surface area is 97.8 Å². The molecule has 0 aromatic heterocycles. The minimum Gasteiger partial charge on any atom is -0.454 e. The van der Waals surface area contributed by atoms with Crippen molar-refractivity contribution >= 4 is 5.91 Å². The summed E-state index contributed by atoms with van der Waals surface area (Å²) in [6.45, 7) is 0.258. The van der Waals surface area contributed by atoms with E-state index in [1.54, 1.807) is 0 Å². The number of ether oxygens (including phenoxy) is 2. The summed E-state index contributed by atoms with van der Waals surface area (Å²) in [5, 5.41) is 3.01. The van der Waals surface area contributed by atoms with Crippen molar-refractivity contribution < 1.29 is 14.3 Å². The predicted molar refractivity (Wildman–Crippen MR) is 59.7 cm³/mol. The van der Waals surface area contributed by atoms with Crippen LogP contribution in [0.1, 0.15) is 18.4 Å². The molecular weight excluding hydrogens is 222 g/mol. The standard InChI is InChI=1S/C11H11N3O3/c12-14-13-11(15)3-1-2-8-4-5-9-10(6-8)17-7-16-9/h4-6H,1-3,7H2. The monoisotopic (exact) mass is 233 g/mol. The van der Waals surface area contributed by atoms with E-state index in [0.717, 1.165) is 23.5 Å². The van der Waals surface area contributed by atoms with Gasteiger partial charge < -0.3 is 9.47 Å². The van der Waals surface area contributed by atoms with Crippen LogP contribution in [-0.4, -0.2) is 12.7 Å². The van der Waals surface area contributed by atoms with Crippen LogP contribution in [0, 0.1) is 0 Å². The van der Waals surface area contributed by atoms with Gasteiger partial charge in [-0.2, -0.15) is 0 Å². The van der Waals surface area contributed by atoms with E-state index in [4.69, 9.17) is 15.0 Å². The zero-order valence-electron chi connectivity index (χ0n) is 9.13. The van der Waals surface area contributed by atoms with Gasteiger partial charge in [0.05, 0.1) is 0 Å². The fraction of sp³-hybridized carbons (Fsp3) is 0.364. The van der Waals surface area contributed by atoms with E-state index in [-0.39, 0.29) is 13.2 Å². The summed E-state index contributed by atoms with van der Waals surface area (Å²) in [4.78, 5) is 13.4. The molecule has 1 aliphatic heterocycles. The van der Waals surface area contributed by atoms with Crippen molar-refractivity contribution in [2.45, 2.75) is 19.3 Å². The molecule has 1 heterocycles. The highest BCUT2D eigenvalue weighted by Crippen LogP contribution is 2.32. The molecule has 1 aliphatic rings. The Morgan fingerprint density at radius 3 is 3.06 bits per heavy atom. The largest absolute Gasteiger partial charge is 0.454 e. The molecule has 1 amide bonds. The Bertz CT molecular complexity index is 481. The fourth-order valence-corrected chi connectivity index (χ4v) is 1.64. The van der Waals surface area contributed by atoms with Gasteiger partial charge in [-0.15, -0.1) is 0 Å². The van der Waals surface area contributed by atoms with E-state index in [0.29, 0.717) is 6.42 Å².